The van der Waals surface area contributed by atoms with Gasteiger partial charge in [-0.05, 0) is 12.1 Å². The van der Waals surface area contributed by atoms with Gasteiger partial charge in [-0.3, -0.25) is 4.79 Å². The Morgan fingerprint density at radius 3 is 2.65 bits per heavy atom. The molecule has 0 bridgehead atoms. The Kier molecular flexibility index (Phi) is 4.20. The highest BCUT2D eigenvalue weighted by atomic mass is 32.1. The van der Waals surface area contributed by atoms with Crippen molar-refractivity contribution in [1.82, 2.24) is 15.6 Å². The van der Waals surface area contributed by atoms with Crippen LogP contribution < -0.4 is 15.5 Å². The van der Waals surface area contributed by atoms with Crippen molar-refractivity contribution in [3.05, 3.63) is 44.4 Å². The standard InChI is InChI=1S/C11H11N3O5S/c15-9(16)8-2-1-7(19-8)4-13-10(17)12-3-6-5-20-11(18)14-6/h1-2,5H,3-4H2,(H,14,18)(H,15,16)(H2,12,13,17). The summed E-state index contributed by atoms with van der Waals surface area (Å²) in [5.41, 5.74) is 0.612. The third-order valence-electron chi connectivity index (χ3n) is 2.31. The van der Waals surface area contributed by atoms with Gasteiger partial charge in [-0.15, -0.1) is 0 Å². The van der Waals surface area contributed by atoms with Crippen molar-refractivity contribution >= 4 is 23.3 Å². The average molecular weight is 297 g/mol. The van der Waals surface area contributed by atoms with Gasteiger partial charge in [0.25, 0.3) is 0 Å². The summed E-state index contributed by atoms with van der Waals surface area (Å²) in [6.45, 7) is 0.266. The van der Waals surface area contributed by atoms with E-state index in [0.29, 0.717) is 11.5 Å². The number of aromatic amines is 1. The molecule has 2 heterocycles. The van der Waals surface area contributed by atoms with E-state index in [4.69, 9.17) is 9.52 Å². The summed E-state index contributed by atoms with van der Waals surface area (Å²) in [4.78, 5) is 35.3. The number of carbonyl (C=O) groups is 2. The number of hydrogen-bond donors (Lipinski definition) is 4. The number of furan rings is 1. The van der Waals surface area contributed by atoms with Gasteiger partial charge in [-0.1, -0.05) is 11.3 Å². The number of rotatable bonds is 5. The van der Waals surface area contributed by atoms with Crippen molar-refractivity contribution in [2.75, 3.05) is 0 Å². The van der Waals surface area contributed by atoms with Crippen molar-refractivity contribution in [2.24, 2.45) is 0 Å². The number of carbonyl (C=O) groups excluding carboxylic acids is 1. The normalized spacial score (nSPS) is 10.2. The second kappa shape index (κ2) is 6.06. The molecule has 0 aliphatic heterocycles. The first-order chi connectivity index (χ1) is 9.54. The van der Waals surface area contributed by atoms with Crippen LogP contribution in [0.4, 0.5) is 4.79 Å². The van der Waals surface area contributed by atoms with Crippen LogP contribution in [0, 0.1) is 0 Å². The molecule has 0 spiro atoms. The highest BCUT2D eigenvalue weighted by Crippen LogP contribution is 2.07. The zero-order valence-electron chi connectivity index (χ0n) is 10.1. The van der Waals surface area contributed by atoms with Crippen LogP contribution in [0.25, 0.3) is 0 Å². The zero-order chi connectivity index (χ0) is 14.5. The third-order valence-corrected chi connectivity index (χ3v) is 3.02. The first-order valence-electron chi connectivity index (χ1n) is 5.55. The Labute approximate surface area is 116 Å². The van der Waals surface area contributed by atoms with E-state index < -0.39 is 12.0 Å². The van der Waals surface area contributed by atoms with Crippen molar-refractivity contribution in [3.63, 3.8) is 0 Å². The summed E-state index contributed by atoms with van der Waals surface area (Å²) in [5.74, 6) is -1.01. The highest BCUT2D eigenvalue weighted by Gasteiger charge is 2.09. The molecule has 0 atom stereocenters. The number of urea groups is 1. The van der Waals surface area contributed by atoms with Crippen LogP contribution in [0.15, 0.2) is 26.7 Å². The molecule has 2 aromatic heterocycles. The quantitative estimate of drug-likeness (QED) is 0.647. The minimum atomic E-state index is -1.16. The van der Waals surface area contributed by atoms with E-state index in [9.17, 15) is 14.4 Å². The molecule has 0 saturated carbocycles. The molecule has 0 aliphatic carbocycles. The van der Waals surface area contributed by atoms with E-state index in [0.717, 1.165) is 11.3 Å². The number of H-pyrrole nitrogens is 1. The van der Waals surface area contributed by atoms with Crippen LogP contribution in [0.1, 0.15) is 22.0 Å². The van der Waals surface area contributed by atoms with Crippen LogP contribution in [-0.2, 0) is 13.1 Å². The minimum Gasteiger partial charge on any atom is -0.475 e. The molecule has 9 heteroatoms. The van der Waals surface area contributed by atoms with Crippen LogP contribution in [0.5, 0.6) is 0 Å². The molecule has 0 fully saturated rings. The highest BCUT2D eigenvalue weighted by molar-refractivity contribution is 7.07. The molecule has 20 heavy (non-hydrogen) atoms. The smallest absolute Gasteiger partial charge is 0.371 e. The second-order valence-electron chi connectivity index (χ2n) is 3.78. The van der Waals surface area contributed by atoms with E-state index in [1.165, 1.54) is 12.1 Å². The molecule has 2 rings (SSSR count). The molecular weight excluding hydrogens is 286 g/mol. The summed E-state index contributed by atoms with van der Waals surface area (Å²) in [6, 6.07) is 2.33. The number of aromatic carboxylic acids is 1. The van der Waals surface area contributed by atoms with Crippen LogP contribution in [0.3, 0.4) is 0 Å². The lowest BCUT2D eigenvalue weighted by molar-refractivity contribution is 0.0660. The summed E-state index contributed by atoms with van der Waals surface area (Å²) >= 11 is 1.02. The van der Waals surface area contributed by atoms with Crippen LogP contribution >= 0.6 is 11.3 Å². The zero-order valence-corrected chi connectivity index (χ0v) is 11.0. The number of aromatic nitrogens is 1. The van der Waals surface area contributed by atoms with Gasteiger partial charge >= 0.3 is 16.9 Å². The molecule has 0 saturated heterocycles. The number of carboxylic acid groups (broad SMARTS) is 1. The summed E-state index contributed by atoms with van der Waals surface area (Å²) in [7, 11) is 0. The molecule has 0 radical (unpaired) electrons. The van der Waals surface area contributed by atoms with Crippen LogP contribution in [0.2, 0.25) is 0 Å². The lowest BCUT2D eigenvalue weighted by Crippen LogP contribution is -2.34. The molecule has 2 aromatic rings. The largest absolute Gasteiger partial charge is 0.475 e. The maximum Gasteiger partial charge on any atom is 0.371 e. The average Bonchev–Trinajstić information content (AvgIpc) is 3.03. The Hall–Kier alpha value is -2.55. The summed E-state index contributed by atoms with van der Waals surface area (Å²) in [6.07, 6.45) is 0. The first-order valence-corrected chi connectivity index (χ1v) is 6.43. The maximum atomic E-state index is 11.5. The van der Waals surface area contributed by atoms with Crippen molar-refractivity contribution < 1.29 is 19.1 Å². The predicted molar refractivity (Wildman–Crippen MR) is 69.7 cm³/mol. The Bertz CT molecular complexity index is 671. The number of thiazole rings is 1. The van der Waals surface area contributed by atoms with Crippen molar-refractivity contribution in [2.45, 2.75) is 13.1 Å². The number of carboxylic acids is 1. The molecule has 2 amide bonds. The van der Waals surface area contributed by atoms with Gasteiger partial charge in [-0.2, -0.15) is 0 Å². The third kappa shape index (κ3) is 3.72. The van der Waals surface area contributed by atoms with E-state index in [1.807, 2.05) is 0 Å². The van der Waals surface area contributed by atoms with Crippen LogP contribution in [-0.4, -0.2) is 22.1 Å². The Balaban J connectivity index is 1.77. The van der Waals surface area contributed by atoms with E-state index in [-0.39, 0.29) is 23.7 Å². The SMILES string of the molecule is O=C(NCc1csc(=O)[nH]1)NCc1ccc(C(=O)O)o1. The first kappa shape index (κ1) is 13.9. The Morgan fingerprint density at radius 2 is 2.05 bits per heavy atom. The molecule has 8 nitrogen and oxygen atoms in total. The number of hydrogen-bond acceptors (Lipinski definition) is 5. The van der Waals surface area contributed by atoms with Gasteiger partial charge in [0.2, 0.25) is 5.76 Å². The molecule has 4 N–H and O–H groups in total. The maximum absolute atomic E-state index is 11.5. The molecule has 106 valence electrons. The van der Waals surface area contributed by atoms with Gasteiger partial charge < -0.3 is 25.1 Å². The van der Waals surface area contributed by atoms with E-state index in [2.05, 4.69) is 15.6 Å². The van der Waals surface area contributed by atoms with Crippen molar-refractivity contribution in [3.8, 4) is 0 Å². The monoisotopic (exact) mass is 297 g/mol. The van der Waals surface area contributed by atoms with Gasteiger partial charge in [0, 0.05) is 11.1 Å². The molecule has 0 aromatic carbocycles. The van der Waals surface area contributed by atoms with E-state index >= 15 is 0 Å². The second-order valence-corrected chi connectivity index (χ2v) is 4.62. The fourth-order valence-electron chi connectivity index (χ4n) is 1.39. The van der Waals surface area contributed by atoms with E-state index in [1.54, 1.807) is 5.38 Å². The van der Waals surface area contributed by atoms with Gasteiger partial charge in [0.1, 0.15) is 5.76 Å². The fraction of sp³-hybridized carbons (Fsp3) is 0.182. The summed E-state index contributed by atoms with van der Waals surface area (Å²) < 4.78 is 4.97. The molecular formula is C11H11N3O5S. The van der Waals surface area contributed by atoms with Gasteiger partial charge in [0.05, 0.1) is 13.1 Å². The van der Waals surface area contributed by atoms with Gasteiger partial charge in [-0.25, -0.2) is 9.59 Å². The molecule has 0 aliphatic rings. The lowest BCUT2D eigenvalue weighted by atomic mass is 10.4. The topological polar surface area (TPSA) is 124 Å². The number of amides is 2. The lowest BCUT2D eigenvalue weighted by Gasteiger charge is -2.04. The Morgan fingerprint density at radius 1 is 1.30 bits per heavy atom. The fourth-order valence-corrected chi connectivity index (χ4v) is 1.98. The van der Waals surface area contributed by atoms with Crippen molar-refractivity contribution in [1.29, 1.82) is 0 Å². The number of nitrogens with one attached hydrogen (secondary N) is 3. The predicted octanol–water partition coefficient (Wildman–Crippen LogP) is 0.727. The summed E-state index contributed by atoms with van der Waals surface area (Å²) in [5, 5.41) is 15.3. The van der Waals surface area contributed by atoms with Gasteiger partial charge in [0.15, 0.2) is 0 Å². The minimum absolute atomic E-state index is 0.0687. The molecule has 0 unspecified atom stereocenters.